The van der Waals surface area contributed by atoms with E-state index >= 15 is 0 Å². The summed E-state index contributed by atoms with van der Waals surface area (Å²) in [6.45, 7) is 0.182. The summed E-state index contributed by atoms with van der Waals surface area (Å²) < 4.78 is 8.85. The van der Waals surface area contributed by atoms with Crippen molar-refractivity contribution in [3.63, 3.8) is 0 Å². The summed E-state index contributed by atoms with van der Waals surface area (Å²) in [6, 6.07) is 13.5. The van der Waals surface area contributed by atoms with E-state index in [-0.39, 0.29) is 18.6 Å². The molecule has 0 N–H and O–H groups in total. The summed E-state index contributed by atoms with van der Waals surface area (Å²) in [5.41, 5.74) is 3.37. The van der Waals surface area contributed by atoms with E-state index in [2.05, 4.69) is 30.2 Å². The number of fused-ring (bicyclic) bond motifs is 3. The minimum atomic E-state index is -0.821. The fourth-order valence-electron chi connectivity index (χ4n) is 4.14. The molecule has 0 amide bonds. The van der Waals surface area contributed by atoms with Crippen LogP contribution >= 0.6 is 15.9 Å². The van der Waals surface area contributed by atoms with Gasteiger partial charge in [0, 0.05) is 52.2 Å². The molecule has 33 heavy (non-hydrogen) atoms. The second-order valence-electron chi connectivity index (χ2n) is 7.68. The Hall–Kier alpha value is -3.72. The lowest BCUT2D eigenvalue weighted by Crippen LogP contribution is -2.12. The highest BCUT2D eigenvalue weighted by molar-refractivity contribution is 9.10. The molecule has 2 aromatic carbocycles. The third kappa shape index (κ3) is 4.07. The molecule has 0 spiro atoms. The zero-order chi connectivity index (χ0) is 22.9. The number of rotatable bonds is 8. The molecule has 0 aliphatic heterocycles. The van der Waals surface area contributed by atoms with Crippen LogP contribution in [0.4, 0.5) is 0 Å². The predicted molar refractivity (Wildman–Crippen MR) is 128 cm³/mol. The number of halogens is 1. The van der Waals surface area contributed by atoms with Gasteiger partial charge in [0.2, 0.25) is 0 Å². The lowest BCUT2D eigenvalue weighted by molar-refractivity contribution is -0.757. The van der Waals surface area contributed by atoms with Crippen LogP contribution < -0.4 is 10.2 Å². The van der Waals surface area contributed by atoms with Crippen LogP contribution in [0, 0.1) is 10.1 Å². The summed E-state index contributed by atoms with van der Waals surface area (Å²) >= 11 is 3.55. The van der Waals surface area contributed by atoms with Crippen molar-refractivity contribution in [3.8, 4) is 5.75 Å². The molecular weight excluding hydrogens is 490 g/mol. The highest BCUT2D eigenvalue weighted by Gasteiger charge is 2.18. The Morgan fingerprint density at radius 2 is 1.94 bits per heavy atom. The fraction of sp³-hybridized carbons (Fsp3) is 0.167. The number of aromatic nitrogens is 2. The summed E-state index contributed by atoms with van der Waals surface area (Å²) in [7, 11) is 0. The second-order valence-corrected chi connectivity index (χ2v) is 8.59. The van der Waals surface area contributed by atoms with Crippen molar-refractivity contribution in [2.24, 2.45) is 0 Å². The fourth-order valence-corrected chi connectivity index (χ4v) is 4.49. The van der Waals surface area contributed by atoms with Crippen molar-refractivity contribution in [2.45, 2.75) is 12.8 Å². The second kappa shape index (κ2) is 8.67. The molecule has 5 rings (SSSR count). The molecule has 0 saturated carbocycles. The van der Waals surface area contributed by atoms with Crippen molar-refractivity contribution >= 4 is 43.1 Å². The monoisotopic (exact) mass is 507 g/mol. The van der Waals surface area contributed by atoms with Gasteiger partial charge in [0.15, 0.2) is 5.43 Å². The molecular formula is C24H18BrN3O5. The number of ether oxygens (including phenoxy) is 1. The van der Waals surface area contributed by atoms with Crippen LogP contribution in [0.3, 0.4) is 0 Å². The maximum absolute atomic E-state index is 13.5. The van der Waals surface area contributed by atoms with Gasteiger partial charge in [-0.15, -0.1) is 10.1 Å². The van der Waals surface area contributed by atoms with E-state index in [1.807, 2.05) is 42.6 Å². The molecule has 0 fully saturated rings. The van der Waals surface area contributed by atoms with Gasteiger partial charge in [-0.1, -0.05) is 28.1 Å². The van der Waals surface area contributed by atoms with Gasteiger partial charge >= 0.3 is 0 Å². The van der Waals surface area contributed by atoms with Crippen LogP contribution in [0.5, 0.6) is 5.75 Å². The highest BCUT2D eigenvalue weighted by atomic mass is 79.9. The summed E-state index contributed by atoms with van der Waals surface area (Å²) in [6.07, 6.45) is 6.19. The predicted octanol–water partition coefficient (Wildman–Crippen LogP) is 4.77. The average molecular weight is 508 g/mol. The Morgan fingerprint density at radius 1 is 1.09 bits per heavy atom. The van der Waals surface area contributed by atoms with Gasteiger partial charge in [-0.25, -0.2) is 0 Å². The molecule has 9 heteroatoms. The molecule has 3 heterocycles. The first-order chi connectivity index (χ1) is 16.0. The zero-order valence-corrected chi connectivity index (χ0v) is 18.9. The maximum atomic E-state index is 13.5. The van der Waals surface area contributed by atoms with Gasteiger partial charge in [-0.05, 0) is 35.9 Å². The van der Waals surface area contributed by atoms with Crippen LogP contribution in [-0.4, -0.2) is 27.7 Å². The molecule has 0 bridgehead atoms. The number of nitrogens with zero attached hydrogens (tertiary/aromatic N) is 3. The minimum Gasteiger partial charge on any atom is -0.493 e. The standard InChI is InChI=1S/C24H18BrN3O5/c25-17-4-5-19-20-11-18(32-7-2-8-33-28(30)31)12-21-23(20)27(22(19)10-17)14-16(24(21)29)9-15-3-1-6-26-13-15/h1,3-6,10-14H,2,7-9H2. The molecule has 3 aromatic heterocycles. The molecule has 166 valence electrons. The molecule has 5 aromatic rings. The Balaban J connectivity index is 1.63. The van der Waals surface area contributed by atoms with E-state index in [1.165, 1.54) is 0 Å². The number of hydrogen-bond donors (Lipinski definition) is 0. The molecule has 8 nitrogen and oxygen atoms in total. The first kappa shape index (κ1) is 21.1. The summed E-state index contributed by atoms with van der Waals surface area (Å²) in [5, 5.41) is 12.0. The van der Waals surface area contributed by atoms with Crippen molar-refractivity contribution in [1.29, 1.82) is 0 Å². The van der Waals surface area contributed by atoms with Gasteiger partial charge in [-0.2, -0.15) is 0 Å². The first-order valence-electron chi connectivity index (χ1n) is 10.3. The van der Waals surface area contributed by atoms with Crippen molar-refractivity contribution < 1.29 is 14.7 Å². The number of pyridine rings is 2. The number of hydrogen-bond acceptors (Lipinski definition) is 6. The van der Waals surface area contributed by atoms with Gasteiger partial charge in [0.25, 0.3) is 5.09 Å². The van der Waals surface area contributed by atoms with Gasteiger partial charge in [0.05, 0.1) is 29.6 Å². The van der Waals surface area contributed by atoms with Gasteiger partial charge < -0.3 is 14.0 Å². The van der Waals surface area contributed by atoms with E-state index < -0.39 is 5.09 Å². The molecule has 0 unspecified atom stereocenters. The molecule has 0 radical (unpaired) electrons. The Bertz CT molecular complexity index is 1530. The molecule has 0 atom stereocenters. The lowest BCUT2D eigenvalue weighted by Gasteiger charge is -2.10. The topological polar surface area (TPSA) is 96.0 Å². The Kier molecular flexibility index (Phi) is 5.55. The van der Waals surface area contributed by atoms with Gasteiger partial charge in [0.1, 0.15) is 5.75 Å². The van der Waals surface area contributed by atoms with E-state index in [0.29, 0.717) is 29.5 Å². The van der Waals surface area contributed by atoms with Crippen LogP contribution in [0.25, 0.3) is 27.2 Å². The van der Waals surface area contributed by atoms with Crippen molar-refractivity contribution in [2.75, 3.05) is 13.2 Å². The third-order valence-electron chi connectivity index (χ3n) is 5.53. The van der Waals surface area contributed by atoms with Crippen molar-refractivity contribution in [3.05, 3.63) is 97.0 Å². The first-order valence-corrected chi connectivity index (χ1v) is 11.1. The average Bonchev–Trinajstić information content (AvgIpc) is 3.10. The maximum Gasteiger partial charge on any atom is 0.294 e. The third-order valence-corrected chi connectivity index (χ3v) is 6.02. The van der Waals surface area contributed by atoms with E-state index in [1.54, 1.807) is 18.5 Å². The van der Waals surface area contributed by atoms with E-state index in [9.17, 15) is 14.9 Å². The quantitative estimate of drug-likeness (QED) is 0.170. The number of benzene rings is 2. The largest absolute Gasteiger partial charge is 0.493 e. The van der Waals surface area contributed by atoms with Crippen LogP contribution in [0.2, 0.25) is 0 Å². The SMILES string of the molecule is O=c1c(Cc2cccnc2)cn2c3cc(Br)ccc3c3cc(OCCCO[N+](=O)[O-])cc1c32. The highest BCUT2D eigenvalue weighted by Crippen LogP contribution is 2.35. The molecule has 0 aliphatic rings. The summed E-state index contributed by atoms with van der Waals surface area (Å²) in [5.74, 6) is 0.538. The minimum absolute atomic E-state index is 0.0492. The van der Waals surface area contributed by atoms with Crippen molar-refractivity contribution in [1.82, 2.24) is 9.38 Å². The smallest absolute Gasteiger partial charge is 0.294 e. The summed E-state index contributed by atoms with van der Waals surface area (Å²) in [4.78, 5) is 32.3. The molecule has 0 saturated heterocycles. The molecule has 0 aliphatic carbocycles. The normalized spacial score (nSPS) is 11.4. The van der Waals surface area contributed by atoms with Gasteiger partial charge in [-0.3, -0.25) is 9.78 Å². The Morgan fingerprint density at radius 3 is 2.73 bits per heavy atom. The van der Waals surface area contributed by atoms with E-state index in [0.717, 1.165) is 31.8 Å². The van der Waals surface area contributed by atoms with E-state index in [4.69, 9.17) is 4.74 Å². The lowest BCUT2D eigenvalue weighted by atomic mass is 10.0. The van der Waals surface area contributed by atoms with Crippen LogP contribution in [0.15, 0.2) is 70.3 Å². The van der Waals surface area contributed by atoms with Crippen LogP contribution in [-0.2, 0) is 11.3 Å². The zero-order valence-electron chi connectivity index (χ0n) is 17.4. The van der Waals surface area contributed by atoms with Crippen LogP contribution in [0.1, 0.15) is 17.5 Å². The Labute approximate surface area is 196 Å².